The maximum absolute atomic E-state index is 12.8. The third-order valence-electron chi connectivity index (χ3n) is 4.97. The predicted octanol–water partition coefficient (Wildman–Crippen LogP) is 2.94. The predicted molar refractivity (Wildman–Crippen MR) is 116 cm³/mol. The van der Waals surface area contributed by atoms with Crippen molar-refractivity contribution in [2.45, 2.75) is 4.90 Å². The number of sulfonamides is 1. The van der Waals surface area contributed by atoms with Crippen LogP contribution in [0.25, 0.3) is 16.5 Å². The zero-order valence-electron chi connectivity index (χ0n) is 17.3. The molecule has 0 amide bonds. The summed E-state index contributed by atoms with van der Waals surface area (Å²) in [6, 6.07) is 19.0. The molecule has 9 heteroatoms. The molecule has 0 radical (unpaired) electrons. The van der Waals surface area contributed by atoms with Crippen LogP contribution in [0.1, 0.15) is 5.56 Å². The van der Waals surface area contributed by atoms with Gasteiger partial charge in [0, 0.05) is 12.6 Å². The molecule has 0 fully saturated rings. The molecule has 3 aromatic rings. The number of hydrogen-bond acceptors (Lipinski definition) is 7. The van der Waals surface area contributed by atoms with E-state index in [1.807, 2.05) is 30.3 Å². The molecule has 3 aromatic carbocycles. The van der Waals surface area contributed by atoms with E-state index >= 15 is 0 Å². The summed E-state index contributed by atoms with van der Waals surface area (Å²) in [6.45, 7) is -0.449. The monoisotopic (exact) mass is 453 g/mol. The van der Waals surface area contributed by atoms with Gasteiger partial charge in [0.05, 0.1) is 12.0 Å². The van der Waals surface area contributed by atoms with Gasteiger partial charge in [-0.2, -0.15) is 0 Å². The Kier molecular flexibility index (Phi) is 5.58. The summed E-state index contributed by atoms with van der Waals surface area (Å²) in [5.74, 6) is -1.51. The number of benzene rings is 3. The van der Waals surface area contributed by atoms with Crippen molar-refractivity contribution < 1.29 is 32.2 Å². The molecule has 0 saturated heterocycles. The number of carbonyl (C=O) groups is 2. The van der Waals surface area contributed by atoms with Gasteiger partial charge in [0.1, 0.15) is 5.75 Å². The summed E-state index contributed by atoms with van der Waals surface area (Å²) >= 11 is 0. The normalized spacial score (nSPS) is 14.6. The van der Waals surface area contributed by atoms with Crippen LogP contribution in [0.15, 0.2) is 77.3 Å². The molecule has 1 heterocycles. The molecule has 32 heavy (non-hydrogen) atoms. The third-order valence-corrected chi connectivity index (χ3v) is 6.79. The number of ether oxygens (including phenoxy) is 3. The van der Waals surface area contributed by atoms with Crippen molar-refractivity contribution in [2.24, 2.45) is 0 Å². The Labute approximate surface area is 184 Å². The van der Waals surface area contributed by atoms with Crippen LogP contribution in [0.5, 0.6) is 5.75 Å². The van der Waals surface area contributed by atoms with Gasteiger partial charge >= 0.3 is 11.9 Å². The minimum atomic E-state index is -4.02. The third kappa shape index (κ3) is 3.78. The van der Waals surface area contributed by atoms with Crippen LogP contribution in [0.2, 0.25) is 0 Å². The van der Waals surface area contributed by atoms with Gasteiger partial charge in [-0.25, -0.2) is 18.0 Å². The van der Waals surface area contributed by atoms with Crippen LogP contribution in [0.3, 0.4) is 0 Å². The number of fused-ring (bicyclic) bond motifs is 2. The van der Waals surface area contributed by atoms with Gasteiger partial charge in [-0.3, -0.25) is 4.31 Å². The second-order valence-corrected chi connectivity index (χ2v) is 8.85. The van der Waals surface area contributed by atoms with Gasteiger partial charge in [0.25, 0.3) is 10.0 Å². The summed E-state index contributed by atoms with van der Waals surface area (Å²) in [7, 11) is -1.72. The van der Waals surface area contributed by atoms with Crippen molar-refractivity contribution in [3.63, 3.8) is 0 Å². The van der Waals surface area contributed by atoms with E-state index in [0.29, 0.717) is 5.75 Å². The quantitative estimate of drug-likeness (QED) is 0.548. The lowest BCUT2D eigenvalue weighted by molar-refractivity contribution is -0.139. The van der Waals surface area contributed by atoms with E-state index in [9.17, 15) is 18.0 Å². The van der Waals surface area contributed by atoms with E-state index in [2.05, 4.69) is 0 Å². The second-order valence-electron chi connectivity index (χ2n) is 6.91. The average molecular weight is 453 g/mol. The Hall–Kier alpha value is -3.85. The zero-order chi connectivity index (χ0) is 22.9. The fourth-order valence-corrected chi connectivity index (χ4v) is 4.76. The lowest BCUT2D eigenvalue weighted by Gasteiger charge is -2.29. The Morgan fingerprint density at radius 1 is 0.938 bits per heavy atom. The van der Waals surface area contributed by atoms with Gasteiger partial charge in [-0.1, -0.05) is 42.5 Å². The van der Waals surface area contributed by atoms with Crippen LogP contribution in [0, 0.1) is 0 Å². The Bertz CT molecular complexity index is 1360. The molecule has 0 bridgehead atoms. The van der Waals surface area contributed by atoms with Crippen LogP contribution in [-0.2, 0) is 29.1 Å². The van der Waals surface area contributed by atoms with Crippen LogP contribution in [0.4, 0.5) is 0 Å². The first kappa shape index (κ1) is 21.4. The van der Waals surface area contributed by atoms with Gasteiger partial charge in [0.15, 0.2) is 18.1 Å². The highest BCUT2D eigenvalue weighted by Crippen LogP contribution is 2.37. The molecule has 164 valence electrons. The van der Waals surface area contributed by atoms with Gasteiger partial charge in [0.2, 0.25) is 0 Å². The largest absolute Gasteiger partial charge is 0.482 e. The molecular weight excluding hydrogens is 434 g/mol. The second kappa shape index (κ2) is 8.35. The topological polar surface area (TPSA) is 99.2 Å². The Morgan fingerprint density at radius 3 is 2.38 bits per heavy atom. The first-order valence-electron chi connectivity index (χ1n) is 9.56. The standard InChI is InChI=1S/C23H19NO7S/c1-24-21(23(26)29-2)22(18-9-5-6-10-19(18)32(24,27)28)31-20(25)14-30-17-12-11-15-7-3-4-8-16(15)13-17/h3-13H,14H2,1-2H3. The highest BCUT2D eigenvalue weighted by atomic mass is 32.2. The summed E-state index contributed by atoms with van der Waals surface area (Å²) in [4.78, 5) is 24.9. The van der Waals surface area contributed by atoms with Crippen molar-refractivity contribution in [2.75, 3.05) is 20.8 Å². The molecule has 1 aliphatic heterocycles. The molecular formula is C23H19NO7S. The smallest absolute Gasteiger partial charge is 0.359 e. The van der Waals surface area contributed by atoms with E-state index in [0.717, 1.165) is 22.2 Å². The van der Waals surface area contributed by atoms with E-state index in [4.69, 9.17) is 14.2 Å². The zero-order valence-corrected chi connectivity index (χ0v) is 18.1. The summed E-state index contributed by atoms with van der Waals surface area (Å²) in [5.41, 5.74) is -0.310. The highest BCUT2D eigenvalue weighted by Gasteiger charge is 2.40. The lowest BCUT2D eigenvalue weighted by Crippen LogP contribution is -2.36. The maximum atomic E-state index is 12.8. The van der Waals surface area contributed by atoms with E-state index in [1.165, 1.54) is 25.2 Å². The molecule has 1 aliphatic rings. The maximum Gasteiger partial charge on any atom is 0.359 e. The average Bonchev–Trinajstić information content (AvgIpc) is 2.81. The SMILES string of the molecule is COC(=O)C1=C(OC(=O)COc2ccc3ccccc3c2)c2ccccc2S(=O)(=O)N1C. The van der Waals surface area contributed by atoms with Crippen LogP contribution < -0.4 is 4.74 Å². The van der Waals surface area contributed by atoms with Crippen molar-refractivity contribution in [3.05, 3.63) is 78.0 Å². The first-order valence-corrected chi connectivity index (χ1v) is 11.0. The molecule has 0 N–H and O–H groups in total. The molecule has 0 aliphatic carbocycles. The fourth-order valence-electron chi connectivity index (χ4n) is 3.38. The number of nitrogens with zero attached hydrogens (tertiary/aromatic N) is 1. The minimum Gasteiger partial charge on any atom is -0.482 e. The molecule has 0 spiro atoms. The van der Waals surface area contributed by atoms with Crippen LogP contribution in [-0.4, -0.2) is 45.4 Å². The number of hydrogen-bond donors (Lipinski definition) is 0. The lowest BCUT2D eigenvalue weighted by atomic mass is 10.1. The number of esters is 2. The van der Waals surface area contributed by atoms with Crippen molar-refractivity contribution in [1.82, 2.24) is 4.31 Å². The van der Waals surface area contributed by atoms with Gasteiger partial charge in [-0.05, 0) is 35.0 Å². The molecule has 8 nitrogen and oxygen atoms in total. The Morgan fingerprint density at radius 2 is 1.62 bits per heavy atom. The summed E-state index contributed by atoms with van der Waals surface area (Å²) < 4.78 is 42.1. The van der Waals surface area contributed by atoms with Gasteiger partial charge < -0.3 is 14.2 Å². The summed E-state index contributed by atoms with van der Waals surface area (Å²) in [6.07, 6.45) is 0. The molecule has 0 unspecified atom stereocenters. The van der Waals surface area contributed by atoms with Crippen molar-refractivity contribution in [3.8, 4) is 5.75 Å². The fraction of sp³-hybridized carbons (Fsp3) is 0.130. The number of rotatable bonds is 5. The summed E-state index contributed by atoms with van der Waals surface area (Å²) in [5, 5.41) is 1.97. The number of likely N-dealkylation sites (N-methyl/N-ethyl adjacent to an activating group) is 1. The number of methoxy groups -OCH3 is 1. The number of carbonyl (C=O) groups excluding carboxylic acids is 2. The minimum absolute atomic E-state index is 0.0880. The Balaban J connectivity index is 1.62. The highest BCUT2D eigenvalue weighted by molar-refractivity contribution is 7.89. The van der Waals surface area contributed by atoms with Crippen molar-refractivity contribution >= 4 is 38.5 Å². The van der Waals surface area contributed by atoms with E-state index in [1.54, 1.807) is 18.2 Å². The van der Waals surface area contributed by atoms with Crippen molar-refractivity contribution in [1.29, 1.82) is 0 Å². The van der Waals surface area contributed by atoms with E-state index in [-0.39, 0.29) is 16.2 Å². The van der Waals surface area contributed by atoms with Gasteiger partial charge in [-0.15, -0.1) is 0 Å². The first-order chi connectivity index (χ1) is 15.3. The van der Waals surface area contributed by atoms with Crippen LogP contribution >= 0.6 is 0 Å². The molecule has 0 aromatic heterocycles. The van der Waals surface area contributed by atoms with E-state index < -0.39 is 34.3 Å². The molecule has 0 atom stereocenters. The molecule has 0 saturated carbocycles. The molecule has 4 rings (SSSR count).